The third kappa shape index (κ3) is 5.37. The van der Waals surface area contributed by atoms with Crippen molar-refractivity contribution >= 4 is 6.09 Å². The van der Waals surface area contributed by atoms with Crippen molar-refractivity contribution in [3.63, 3.8) is 0 Å². The monoisotopic (exact) mass is 416 g/mol. The molecule has 7 nitrogen and oxygen atoms in total. The Morgan fingerprint density at radius 2 is 2.07 bits per heavy atom. The fourth-order valence-electron chi connectivity index (χ4n) is 2.85. The number of nitrogens with zero attached hydrogens (tertiary/aromatic N) is 4. The number of aromatic nitrogens is 3. The maximum Gasteiger partial charge on any atom is 0.415 e. The second-order valence-electron chi connectivity index (χ2n) is 6.69. The number of hydrogen-bond acceptors (Lipinski definition) is 6. The van der Waals surface area contributed by atoms with E-state index in [0.29, 0.717) is 43.2 Å². The lowest BCUT2D eigenvalue weighted by Crippen LogP contribution is -2.35. The summed E-state index contributed by atoms with van der Waals surface area (Å²) in [5.74, 6) is -0.554. The van der Waals surface area contributed by atoms with Gasteiger partial charge in [-0.05, 0) is 50.1 Å². The molecule has 9 heteroatoms. The van der Waals surface area contributed by atoms with Crippen LogP contribution in [0.5, 0.6) is 5.75 Å². The molecule has 0 unspecified atom stereocenters. The molecule has 2 aromatic heterocycles. The Balaban J connectivity index is 1.58. The molecule has 30 heavy (non-hydrogen) atoms. The molecule has 1 amide bonds. The Morgan fingerprint density at radius 1 is 1.23 bits per heavy atom. The summed E-state index contributed by atoms with van der Waals surface area (Å²) in [4.78, 5) is 22.3. The molecular formula is C21H22F2N4O3. The van der Waals surface area contributed by atoms with Gasteiger partial charge in [0.05, 0.1) is 11.3 Å². The maximum absolute atomic E-state index is 13.8. The van der Waals surface area contributed by atoms with Gasteiger partial charge in [0.2, 0.25) is 0 Å². The quantitative estimate of drug-likeness (QED) is 0.535. The van der Waals surface area contributed by atoms with E-state index in [9.17, 15) is 13.6 Å². The summed E-state index contributed by atoms with van der Waals surface area (Å²) in [5, 5.41) is 3.81. The third-order valence-electron chi connectivity index (χ3n) is 4.36. The minimum absolute atomic E-state index is 0.0844. The molecule has 3 rings (SSSR count). The van der Waals surface area contributed by atoms with Crippen LogP contribution in [0.3, 0.4) is 0 Å². The summed E-state index contributed by atoms with van der Waals surface area (Å²) in [5.41, 5.74) is 0.544. The van der Waals surface area contributed by atoms with Crippen molar-refractivity contribution < 1.29 is 22.8 Å². The van der Waals surface area contributed by atoms with E-state index >= 15 is 0 Å². The first-order valence-electron chi connectivity index (χ1n) is 9.64. The van der Waals surface area contributed by atoms with Crippen LogP contribution in [-0.4, -0.2) is 39.2 Å². The van der Waals surface area contributed by atoms with Crippen LogP contribution >= 0.6 is 0 Å². The number of pyridine rings is 1. The Kier molecular flexibility index (Phi) is 7.05. The molecule has 0 N–H and O–H groups in total. The lowest BCUT2D eigenvalue weighted by molar-refractivity contribution is 0.151. The molecule has 0 aliphatic carbocycles. The van der Waals surface area contributed by atoms with Crippen LogP contribution in [0.25, 0.3) is 11.5 Å². The smallest absolute Gasteiger partial charge is 0.408 e. The fraction of sp³-hybridized carbons (Fsp3) is 0.333. The predicted molar refractivity (Wildman–Crippen MR) is 105 cm³/mol. The topological polar surface area (TPSA) is 81.4 Å². The number of halogens is 2. The van der Waals surface area contributed by atoms with Crippen LogP contribution in [0.4, 0.5) is 13.6 Å². The van der Waals surface area contributed by atoms with E-state index in [1.807, 2.05) is 6.92 Å². The second-order valence-corrected chi connectivity index (χ2v) is 6.69. The first kappa shape index (κ1) is 21.4. The molecule has 0 bridgehead atoms. The number of hydrogen-bond donors (Lipinski definition) is 0. The van der Waals surface area contributed by atoms with Gasteiger partial charge in [-0.15, -0.1) is 0 Å². The number of ether oxygens (including phenoxy) is 1. The fourth-order valence-corrected chi connectivity index (χ4v) is 2.85. The molecule has 0 aliphatic rings. The van der Waals surface area contributed by atoms with E-state index in [-0.39, 0.29) is 11.5 Å². The van der Waals surface area contributed by atoms with Gasteiger partial charge < -0.3 is 14.2 Å². The maximum atomic E-state index is 13.8. The molecule has 1 aromatic carbocycles. The highest BCUT2D eigenvalue weighted by atomic mass is 19.1. The van der Waals surface area contributed by atoms with Crippen LogP contribution in [-0.2, 0) is 6.42 Å². The van der Waals surface area contributed by atoms with E-state index in [1.165, 1.54) is 0 Å². The van der Waals surface area contributed by atoms with Crippen molar-refractivity contribution in [2.75, 3.05) is 13.1 Å². The van der Waals surface area contributed by atoms with Gasteiger partial charge in [-0.3, -0.25) is 4.98 Å². The highest BCUT2D eigenvalue weighted by Gasteiger charge is 2.18. The largest absolute Gasteiger partial charge is 0.415 e. The van der Waals surface area contributed by atoms with Crippen LogP contribution in [0.15, 0.2) is 41.1 Å². The van der Waals surface area contributed by atoms with Crippen LogP contribution in [0, 0.1) is 18.6 Å². The van der Waals surface area contributed by atoms with Gasteiger partial charge in [-0.2, -0.15) is 4.98 Å². The Morgan fingerprint density at radius 3 is 2.83 bits per heavy atom. The Bertz CT molecular complexity index is 1010. The molecular weight excluding hydrogens is 394 g/mol. The van der Waals surface area contributed by atoms with Gasteiger partial charge >= 0.3 is 6.09 Å². The number of carbonyl (C=O) groups is 1. The second kappa shape index (κ2) is 9.91. The van der Waals surface area contributed by atoms with Crippen molar-refractivity contribution in [2.24, 2.45) is 0 Å². The van der Waals surface area contributed by atoms with Crippen molar-refractivity contribution in [3.05, 3.63) is 59.7 Å². The summed E-state index contributed by atoms with van der Waals surface area (Å²) in [6.45, 7) is 4.69. The summed E-state index contributed by atoms with van der Waals surface area (Å²) < 4.78 is 37.7. The number of carbonyl (C=O) groups excluding carboxylic acids is 1. The van der Waals surface area contributed by atoms with Crippen LogP contribution in [0.2, 0.25) is 0 Å². The van der Waals surface area contributed by atoms with Gasteiger partial charge in [-0.25, -0.2) is 13.6 Å². The standard InChI is InChI=1S/C21H22F2N4O3/c1-3-11-27(21(28)29-18-6-4-10-24-14(18)2)12-5-7-19-25-20(30-26-19)16-13-15(22)8-9-17(16)23/h4,6,8-10,13H,3,5,7,11-12H2,1-2H3. The van der Waals surface area contributed by atoms with Crippen molar-refractivity contribution in [3.8, 4) is 17.2 Å². The molecule has 0 aliphatic heterocycles. The third-order valence-corrected chi connectivity index (χ3v) is 4.36. The molecule has 3 aromatic rings. The first-order chi connectivity index (χ1) is 14.5. The highest BCUT2D eigenvalue weighted by Crippen LogP contribution is 2.22. The van der Waals surface area contributed by atoms with Crippen LogP contribution < -0.4 is 4.74 Å². The van der Waals surface area contributed by atoms with Crippen LogP contribution in [0.1, 0.15) is 31.3 Å². The molecule has 158 valence electrons. The minimum atomic E-state index is -0.644. The van der Waals surface area contributed by atoms with E-state index in [0.717, 1.165) is 24.6 Å². The molecule has 0 atom stereocenters. The first-order valence-corrected chi connectivity index (χ1v) is 9.64. The molecule has 0 saturated carbocycles. The Labute approximate surface area is 172 Å². The summed E-state index contributed by atoms with van der Waals surface area (Å²) in [6, 6.07) is 6.43. The van der Waals surface area contributed by atoms with Gasteiger partial charge in [0.15, 0.2) is 11.6 Å². The predicted octanol–water partition coefficient (Wildman–Crippen LogP) is 4.56. The van der Waals surface area contributed by atoms with E-state index in [4.69, 9.17) is 9.26 Å². The van der Waals surface area contributed by atoms with E-state index in [1.54, 1.807) is 30.2 Å². The summed E-state index contributed by atoms with van der Waals surface area (Å²) in [7, 11) is 0. The zero-order chi connectivity index (χ0) is 21.5. The van der Waals surface area contributed by atoms with Gasteiger partial charge in [0, 0.05) is 25.7 Å². The van der Waals surface area contributed by atoms with Gasteiger partial charge in [-0.1, -0.05) is 12.1 Å². The van der Waals surface area contributed by atoms with Crippen molar-refractivity contribution in [1.82, 2.24) is 20.0 Å². The Hall–Kier alpha value is -3.36. The van der Waals surface area contributed by atoms with Crippen molar-refractivity contribution in [2.45, 2.75) is 33.1 Å². The number of amides is 1. The molecule has 0 fully saturated rings. The van der Waals surface area contributed by atoms with Gasteiger partial charge in [0.25, 0.3) is 5.89 Å². The number of aryl methyl sites for hydroxylation is 2. The van der Waals surface area contributed by atoms with Crippen molar-refractivity contribution in [1.29, 1.82) is 0 Å². The van der Waals surface area contributed by atoms with E-state index in [2.05, 4.69) is 15.1 Å². The average Bonchev–Trinajstić information content (AvgIpc) is 3.19. The lowest BCUT2D eigenvalue weighted by Gasteiger charge is -2.21. The summed E-state index contributed by atoms with van der Waals surface area (Å²) in [6.07, 6.45) is 2.90. The number of benzene rings is 1. The molecule has 2 heterocycles. The molecule has 0 saturated heterocycles. The highest BCUT2D eigenvalue weighted by molar-refractivity contribution is 5.70. The molecule has 0 radical (unpaired) electrons. The lowest BCUT2D eigenvalue weighted by atomic mass is 10.2. The average molecular weight is 416 g/mol. The normalized spacial score (nSPS) is 10.8. The zero-order valence-electron chi connectivity index (χ0n) is 16.8. The summed E-state index contributed by atoms with van der Waals surface area (Å²) >= 11 is 0. The van der Waals surface area contributed by atoms with E-state index < -0.39 is 17.7 Å². The van der Waals surface area contributed by atoms with Gasteiger partial charge in [0.1, 0.15) is 11.6 Å². The zero-order valence-corrected chi connectivity index (χ0v) is 16.8. The SMILES string of the molecule is CCCN(CCCc1noc(-c2cc(F)ccc2F)n1)C(=O)Oc1cccnc1C. The number of rotatable bonds is 8. The molecule has 0 spiro atoms. The minimum Gasteiger partial charge on any atom is -0.408 e.